The van der Waals surface area contributed by atoms with Crippen molar-refractivity contribution in [1.82, 2.24) is 4.90 Å². The zero-order chi connectivity index (χ0) is 16.8. The summed E-state index contributed by atoms with van der Waals surface area (Å²) in [5.74, 6) is 2.56. The second kappa shape index (κ2) is 9.35. The van der Waals surface area contributed by atoms with Crippen LogP contribution in [-0.2, 0) is 6.54 Å². The number of methoxy groups -OCH3 is 1. The lowest BCUT2D eigenvalue weighted by Crippen LogP contribution is -2.19. The van der Waals surface area contributed by atoms with Crippen molar-refractivity contribution in [3.63, 3.8) is 0 Å². The van der Waals surface area contributed by atoms with Crippen LogP contribution < -0.4 is 14.2 Å². The van der Waals surface area contributed by atoms with Crippen molar-refractivity contribution in [1.29, 1.82) is 0 Å². The SMILES string of the molecule is COc1cccc(/C=C/CN(C)Cc2ccc3c(c2)OCCO3)c1.Cl. The fourth-order valence-electron chi connectivity index (χ4n) is 2.68. The highest BCUT2D eigenvalue weighted by atomic mass is 35.5. The summed E-state index contributed by atoms with van der Waals surface area (Å²) in [5, 5.41) is 0. The molecule has 2 aromatic rings. The van der Waals surface area contributed by atoms with Crippen LogP contribution in [0.1, 0.15) is 11.1 Å². The third-order valence-electron chi connectivity index (χ3n) is 3.88. The highest BCUT2D eigenvalue weighted by Crippen LogP contribution is 2.31. The highest BCUT2D eigenvalue weighted by molar-refractivity contribution is 5.85. The van der Waals surface area contributed by atoms with Gasteiger partial charge in [0.05, 0.1) is 7.11 Å². The van der Waals surface area contributed by atoms with E-state index in [0.29, 0.717) is 13.2 Å². The van der Waals surface area contributed by atoms with Crippen molar-refractivity contribution in [3.8, 4) is 17.2 Å². The summed E-state index contributed by atoms with van der Waals surface area (Å²) in [6.07, 6.45) is 4.27. The van der Waals surface area contributed by atoms with Crippen LogP contribution >= 0.6 is 12.4 Å². The van der Waals surface area contributed by atoms with E-state index in [1.54, 1.807) is 7.11 Å². The van der Waals surface area contributed by atoms with Crippen LogP contribution in [0.2, 0.25) is 0 Å². The number of halogens is 1. The van der Waals surface area contributed by atoms with E-state index in [4.69, 9.17) is 14.2 Å². The molecular formula is C20H24ClNO3. The van der Waals surface area contributed by atoms with E-state index in [0.717, 1.165) is 35.9 Å². The molecule has 1 aliphatic rings. The number of fused-ring (bicyclic) bond motifs is 1. The minimum Gasteiger partial charge on any atom is -0.497 e. The topological polar surface area (TPSA) is 30.9 Å². The summed E-state index contributed by atoms with van der Waals surface area (Å²) in [7, 11) is 3.79. The van der Waals surface area contributed by atoms with Gasteiger partial charge in [-0.3, -0.25) is 4.90 Å². The number of likely N-dealkylation sites (N-methyl/N-ethyl adjacent to an activating group) is 1. The molecule has 5 heteroatoms. The van der Waals surface area contributed by atoms with Crippen LogP contribution in [0.25, 0.3) is 6.08 Å². The Morgan fingerprint density at radius 3 is 2.68 bits per heavy atom. The number of hydrogen-bond donors (Lipinski definition) is 0. The third kappa shape index (κ3) is 5.41. The van der Waals surface area contributed by atoms with Crippen molar-refractivity contribution in [2.24, 2.45) is 0 Å². The normalized spacial score (nSPS) is 12.9. The Morgan fingerprint density at radius 2 is 1.88 bits per heavy atom. The van der Waals surface area contributed by atoms with Crippen LogP contribution in [0, 0.1) is 0 Å². The molecule has 25 heavy (non-hydrogen) atoms. The molecule has 0 saturated heterocycles. The van der Waals surface area contributed by atoms with Crippen molar-refractivity contribution in [2.75, 3.05) is 33.9 Å². The van der Waals surface area contributed by atoms with Gasteiger partial charge < -0.3 is 14.2 Å². The maximum Gasteiger partial charge on any atom is 0.161 e. The van der Waals surface area contributed by atoms with Gasteiger partial charge >= 0.3 is 0 Å². The van der Waals surface area contributed by atoms with E-state index in [-0.39, 0.29) is 12.4 Å². The average Bonchev–Trinajstić information content (AvgIpc) is 2.62. The second-order valence-electron chi connectivity index (χ2n) is 5.85. The summed E-state index contributed by atoms with van der Waals surface area (Å²) in [4.78, 5) is 2.25. The summed E-state index contributed by atoms with van der Waals surface area (Å²) in [5.41, 5.74) is 2.36. The van der Waals surface area contributed by atoms with Gasteiger partial charge in [0.25, 0.3) is 0 Å². The van der Waals surface area contributed by atoms with E-state index < -0.39 is 0 Å². The van der Waals surface area contributed by atoms with Gasteiger partial charge in [-0.25, -0.2) is 0 Å². The Morgan fingerprint density at radius 1 is 1.08 bits per heavy atom. The van der Waals surface area contributed by atoms with Gasteiger partial charge in [0.1, 0.15) is 19.0 Å². The Balaban J connectivity index is 0.00000225. The molecule has 134 valence electrons. The summed E-state index contributed by atoms with van der Waals surface area (Å²) in [6, 6.07) is 14.2. The summed E-state index contributed by atoms with van der Waals surface area (Å²) in [6.45, 7) is 2.97. The van der Waals surface area contributed by atoms with Gasteiger partial charge in [0.2, 0.25) is 0 Å². The Labute approximate surface area is 155 Å². The summed E-state index contributed by atoms with van der Waals surface area (Å²) >= 11 is 0. The van der Waals surface area contributed by atoms with E-state index in [2.05, 4.69) is 42.3 Å². The third-order valence-corrected chi connectivity index (χ3v) is 3.88. The van der Waals surface area contributed by atoms with Crippen LogP contribution in [0.4, 0.5) is 0 Å². The van der Waals surface area contributed by atoms with E-state index >= 15 is 0 Å². The van der Waals surface area contributed by atoms with Gasteiger partial charge in [0.15, 0.2) is 11.5 Å². The average molecular weight is 362 g/mol. The first-order chi connectivity index (χ1) is 11.7. The first kappa shape index (κ1) is 19.2. The first-order valence-electron chi connectivity index (χ1n) is 8.12. The molecule has 1 aliphatic heterocycles. The lowest BCUT2D eigenvalue weighted by atomic mass is 10.1. The van der Waals surface area contributed by atoms with Gasteiger partial charge in [-0.1, -0.05) is 30.4 Å². The highest BCUT2D eigenvalue weighted by Gasteiger charge is 2.12. The standard InChI is InChI=1S/C20H23NO3.ClH/c1-21(10-4-6-16-5-3-7-18(13-16)22-2)15-17-8-9-19-20(14-17)24-12-11-23-19;/h3-9,13-14H,10-12,15H2,1-2H3;1H/b6-4+;. The lowest BCUT2D eigenvalue weighted by Gasteiger charge is -2.20. The van der Waals surface area contributed by atoms with Crippen LogP contribution in [0.3, 0.4) is 0 Å². The predicted molar refractivity (Wildman–Crippen MR) is 103 cm³/mol. The Kier molecular flexibility index (Phi) is 7.16. The molecule has 4 nitrogen and oxygen atoms in total. The molecule has 0 N–H and O–H groups in total. The van der Waals surface area contributed by atoms with Gasteiger partial charge in [-0.2, -0.15) is 0 Å². The molecule has 0 atom stereocenters. The molecule has 0 radical (unpaired) electrons. The van der Waals surface area contributed by atoms with Crippen LogP contribution in [0.15, 0.2) is 48.5 Å². The zero-order valence-corrected chi connectivity index (χ0v) is 15.4. The van der Waals surface area contributed by atoms with E-state index in [1.807, 2.05) is 24.3 Å². The molecule has 1 heterocycles. The molecule has 0 aromatic heterocycles. The molecule has 3 rings (SSSR count). The molecule has 0 saturated carbocycles. The van der Waals surface area contributed by atoms with Crippen molar-refractivity contribution < 1.29 is 14.2 Å². The largest absolute Gasteiger partial charge is 0.497 e. The Bertz CT molecular complexity index is 718. The molecule has 2 aromatic carbocycles. The number of ether oxygens (including phenoxy) is 3. The van der Waals surface area contributed by atoms with Gasteiger partial charge in [-0.15, -0.1) is 12.4 Å². The van der Waals surface area contributed by atoms with Gasteiger partial charge in [-0.05, 0) is 42.4 Å². The summed E-state index contributed by atoms with van der Waals surface area (Å²) < 4.78 is 16.4. The molecular weight excluding hydrogens is 338 g/mol. The Hall–Kier alpha value is -2.17. The fourth-order valence-corrected chi connectivity index (χ4v) is 2.68. The predicted octanol–water partition coefficient (Wildman–Crippen LogP) is 4.03. The monoisotopic (exact) mass is 361 g/mol. The quantitative estimate of drug-likeness (QED) is 0.777. The minimum atomic E-state index is 0. The van der Waals surface area contributed by atoms with Gasteiger partial charge in [0, 0.05) is 13.1 Å². The number of rotatable bonds is 6. The molecule has 0 amide bonds. The molecule has 0 fully saturated rings. The number of nitrogens with zero attached hydrogens (tertiary/aromatic N) is 1. The lowest BCUT2D eigenvalue weighted by molar-refractivity contribution is 0.171. The first-order valence-corrected chi connectivity index (χ1v) is 8.12. The van der Waals surface area contributed by atoms with Crippen LogP contribution in [0.5, 0.6) is 17.2 Å². The second-order valence-corrected chi connectivity index (χ2v) is 5.85. The number of hydrogen-bond acceptors (Lipinski definition) is 4. The molecule has 0 bridgehead atoms. The fraction of sp³-hybridized carbons (Fsp3) is 0.300. The number of benzene rings is 2. The van der Waals surface area contributed by atoms with E-state index in [1.165, 1.54) is 5.56 Å². The molecule has 0 spiro atoms. The van der Waals surface area contributed by atoms with Crippen LogP contribution in [-0.4, -0.2) is 38.8 Å². The zero-order valence-electron chi connectivity index (χ0n) is 14.6. The van der Waals surface area contributed by atoms with E-state index in [9.17, 15) is 0 Å². The maximum absolute atomic E-state index is 5.64. The molecule has 0 aliphatic carbocycles. The minimum absolute atomic E-state index is 0. The van der Waals surface area contributed by atoms with Crippen molar-refractivity contribution in [3.05, 3.63) is 59.7 Å². The van der Waals surface area contributed by atoms with Crippen molar-refractivity contribution >= 4 is 18.5 Å². The maximum atomic E-state index is 5.64. The molecule has 0 unspecified atom stereocenters. The van der Waals surface area contributed by atoms with Crippen molar-refractivity contribution in [2.45, 2.75) is 6.54 Å². The smallest absolute Gasteiger partial charge is 0.161 e.